The second kappa shape index (κ2) is 7.59. The zero-order valence-electron chi connectivity index (χ0n) is 15.1. The lowest BCUT2D eigenvalue weighted by molar-refractivity contribution is -0.122. The normalized spacial score (nSPS) is 15.9. The summed E-state index contributed by atoms with van der Waals surface area (Å²) in [6.45, 7) is 1.08. The van der Waals surface area contributed by atoms with Crippen molar-refractivity contribution in [3.8, 4) is 5.75 Å². The van der Waals surface area contributed by atoms with Crippen molar-refractivity contribution < 1.29 is 19.1 Å². The molecule has 4 rings (SSSR count). The van der Waals surface area contributed by atoms with Gasteiger partial charge in [-0.15, -0.1) is 0 Å². The van der Waals surface area contributed by atoms with Gasteiger partial charge in [-0.1, -0.05) is 6.07 Å². The maximum Gasteiger partial charge on any atom is 0.254 e. The first-order valence-corrected chi connectivity index (χ1v) is 9.00. The van der Waals surface area contributed by atoms with Crippen LogP contribution in [0, 0.1) is 0 Å². The van der Waals surface area contributed by atoms with Crippen molar-refractivity contribution in [3.05, 3.63) is 71.9 Å². The van der Waals surface area contributed by atoms with Gasteiger partial charge in [0.15, 0.2) is 0 Å². The SMILES string of the molecule is O=C(CC1CN(C(=O)c2cccc(O)c2)Cc2ccnn21)NCc1ccco1. The van der Waals surface area contributed by atoms with Crippen LogP contribution in [0.4, 0.5) is 0 Å². The Hall–Kier alpha value is -3.55. The minimum atomic E-state index is -0.267. The van der Waals surface area contributed by atoms with E-state index in [0.717, 1.165) is 5.69 Å². The van der Waals surface area contributed by atoms with Crippen LogP contribution in [-0.4, -0.2) is 38.1 Å². The topological polar surface area (TPSA) is 101 Å². The van der Waals surface area contributed by atoms with Crippen LogP contribution in [-0.2, 0) is 17.9 Å². The van der Waals surface area contributed by atoms with Crippen molar-refractivity contribution in [1.29, 1.82) is 0 Å². The molecule has 2 N–H and O–H groups in total. The summed E-state index contributed by atoms with van der Waals surface area (Å²) >= 11 is 0. The highest BCUT2D eigenvalue weighted by Gasteiger charge is 2.30. The lowest BCUT2D eigenvalue weighted by Crippen LogP contribution is -2.42. The maximum absolute atomic E-state index is 12.9. The van der Waals surface area contributed by atoms with E-state index in [0.29, 0.717) is 31.0 Å². The van der Waals surface area contributed by atoms with Gasteiger partial charge in [0.05, 0.1) is 37.5 Å². The van der Waals surface area contributed by atoms with Gasteiger partial charge < -0.3 is 19.7 Å². The molecule has 8 heteroatoms. The number of nitrogens with one attached hydrogen (secondary N) is 1. The third kappa shape index (κ3) is 3.75. The Morgan fingerprint density at radius 3 is 2.93 bits per heavy atom. The number of carbonyl (C=O) groups is 2. The molecule has 2 aromatic heterocycles. The first-order valence-electron chi connectivity index (χ1n) is 9.00. The standard InChI is InChI=1S/C20H20N4O4/c25-17-4-1-3-14(9-17)20(27)23-12-15-6-7-22-24(15)16(13-23)10-19(26)21-11-18-5-2-8-28-18/h1-9,16,25H,10-13H2,(H,21,26). The molecule has 0 radical (unpaired) electrons. The number of phenols is 1. The number of fused-ring (bicyclic) bond motifs is 1. The van der Waals surface area contributed by atoms with Crippen LogP contribution in [0.5, 0.6) is 5.75 Å². The fourth-order valence-electron chi connectivity index (χ4n) is 3.40. The number of aromatic hydroxyl groups is 1. The molecule has 0 saturated carbocycles. The Balaban J connectivity index is 1.46. The van der Waals surface area contributed by atoms with Crippen LogP contribution in [0.3, 0.4) is 0 Å². The van der Waals surface area contributed by atoms with Crippen LogP contribution in [0.1, 0.15) is 34.3 Å². The second-order valence-corrected chi connectivity index (χ2v) is 6.72. The Labute approximate surface area is 161 Å². The van der Waals surface area contributed by atoms with Gasteiger partial charge in [0, 0.05) is 18.3 Å². The summed E-state index contributed by atoms with van der Waals surface area (Å²) in [5.41, 5.74) is 1.28. The van der Waals surface area contributed by atoms with E-state index in [-0.39, 0.29) is 30.0 Å². The zero-order chi connectivity index (χ0) is 19.5. The van der Waals surface area contributed by atoms with Crippen molar-refractivity contribution in [1.82, 2.24) is 20.0 Å². The van der Waals surface area contributed by atoms with Crippen molar-refractivity contribution in [2.45, 2.75) is 25.6 Å². The summed E-state index contributed by atoms with van der Waals surface area (Å²) in [6.07, 6.45) is 3.42. The number of hydrogen-bond donors (Lipinski definition) is 2. The second-order valence-electron chi connectivity index (χ2n) is 6.72. The Morgan fingerprint density at radius 1 is 1.25 bits per heavy atom. The Bertz CT molecular complexity index is 980. The average Bonchev–Trinajstić information content (AvgIpc) is 3.37. The van der Waals surface area contributed by atoms with Gasteiger partial charge in [-0.2, -0.15) is 5.10 Å². The smallest absolute Gasteiger partial charge is 0.254 e. The monoisotopic (exact) mass is 380 g/mol. The van der Waals surface area contributed by atoms with Crippen molar-refractivity contribution in [2.75, 3.05) is 6.54 Å². The van der Waals surface area contributed by atoms with E-state index in [9.17, 15) is 14.7 Å². The summed E-state index contributed by atoms with van der Waals surface area (Å²) in [7, 11) is 0. The predicted octanol–water partition coefficient (Wildman–Crippen LogP) is 2.09. The fourth-order valence-corrected chi connectivity index (χ4v) is 3.40. The summed E-state index contributed by atoms with van der Waals surface area (Å²) in [5.74, 6) is 0.387. The Morgan fingerprint density at radius 2 is 2.14 bits per heavy atom. The van der Waals surface area contributed by atoms with Gasteiger partial charge in [0.25, 0.3) is 5.91 Å². The van der Waals surface area contributed by atoms with Crippen molar-refractivity contribution in [3.63, 3.8) is 0 Å². The number of carbonyl (C=O) groups excluding carboxylic acids is 2. The maximum atomic E-state index is 12.9. The first-order chi connectivity index (χ1) is 13.6. The fraction of sp³-hybridized carbons (Fsp3) is 0.250. The third-order valence-corrected chi connectivity index (χ3v) is 4.72. The molecule has 0 aliphatic carbocycles. The summed E-state index contributed by atoms with van der Waals surface area (Å²) in [6, 6.07) is 11.4. The minimum Gasteiger partial charge on any atom is -0.508 e. The van der Waals surface area contributed by atoms with Gasteiger partial charge >= 0.3 is 0 Å². The number of rotatable bonds is 5. The molecule has 0 spiro atoms. The molecular formula is C20H20N4O4. The molecule has 2 amide bonds. The minimum absolute atomic E-state index is 0.0433. The quantitative estimate of drug-likeness (QED) is 0.706. The van der Waals surface area contributed by atoms with E-state index >= 15 is 0 Å². The van der Waals surface area contributed by atoms with E-state index in [1.54, 1.807) is 46.3 Å². The molecule has 1 aliphatic rings. The van der Waals surface area contributed by atoms with Crippen molar-refractivity contribution >= 4 is 11.8 Å². The van der Waals surface area contributed by atoms with E-state index in [2.05, 4.69) is 10.4 Å². The molecule has 0 bridgehead atoms. The summed E-state index contributed by atoms with van der Waals surface area (Å²) in [4.78, 5) is 26.9. The highest BCUT2D eigenvalue weighted by molar-refractivity contribution is 5.94. The summed E-state index contributed by atoms with van der Waals surface area (Å²) < 4.78 is 7.02. The molecule has 144 valence electrons. The van der Waals surface area contributed by atoms with E-state index in [1.165, 1.54) is 12.1 Å². The third-order valence-electron chi connectivity index (χ3n) is 4.72. The number of benzene rings is 1. The predicted molar refractivity (Wildman–Crippen MR) is 99.3 cm³/mol. The van der Waals surface area contributed by atoms with Crippen LogP contribution < -0.4 is 5.32 Å². The molecule has 0 saturated heterocycles. The molecule has 28 heavy (non-hydrogen) atoms. The van der Waals surface area contributed by atoms with Gasteiger partial charge in [-0.25, -0.2) is 0 Å². The van der Waals surface area contributed by atoms with E-state index < -0.39 is 0 Å². The zero-order valence-corrected chi connectivity index (χ0v) is 15.1. The van der Waals surface area contributed by atoms with Gasteiger partial charge in [0.2, 0.25) is 5.91 Å². The highest BCUT2D eigenvalue weighted by atomic mass is 16.3. The first kappa shape index (κ1) is 17.8. The molecule has 3 aromatic rings. The lowest BCUT2D eigenvalue weighted by Gasteiger charge is -2.33. The molecule has 1 aromatic carbocycles. The largest absolute Gasteiger partial charge is 0.508 e. The number of phenolic OH excluding ortho intramolecular Hbond substituents is 1. The van der Waals surface area contributed by atoms with Gasteiger partial charge in [-0.05, 0) is 36.4 Å². The number of aromatic nitrogens is 2. The molecule has 1 atom stereocenters. The average molecular weight is 380 g/mol. The van der Waals surface area contributed by atoms with Crippen molar-refractivity contribution in [2.24, 2.45) is 0 Å². The molecule has 0 fully saturated rings. The molecular weight excluding hydrogens is 360 g/mol. The van der Waals surface area contributed by atoms with E-state index in [1.807, 2.05) is 6.07 Å². The Kier molecular flexibility index (Phi) is 4.84. The number of furan rings is 1. The lowest BCUT2D eigenvalue weighted by atomic mass is 10.1. The van der Waals surface area contributed by atoms with Crippen LogP contribution in [0.15, 0.2) is 59.3 Å². The van der Waals surface area contributed by atoms with Gasteiger partial charge in [-0.3, -0.25) is 14.3 Å². The van der Waals surface area contributed by atoms with Gasteiger partial charge in [0.1, 0.15) is 11.5 Å². The highest BCUT2D eigenvalue weighted by Crippen LogP contribution is 2.25. The number of hydrogen-bond acceptors (Lipinski definition) is 5. The van der Waals surface area contributed by atoms with E-state index in [4.69, 9.17) is 4.42 Å². The molecule has 1 aliphatic heterocycles. The van der Waals surface area contributed by atoms with Crippen LogP contribution in [0.25, 0.3) is 0 Å². The number of nitrogens with zero attached hydrogens (tertiary/aromatic N) is 3. The molecule has 1 unspecified atom stereocenters. The van der Waals surface area contributed by atoms with Crippen LogP contribution >= 0.6 is 0 Å². The molecule has 8 nitrogen and oxygen atoms in total. The van der Waals surface area contributed by atoms with Crippen LogP contribution in [0.2, 0.25) is 0 Å². The number of amides is 2. The molecule has 3 heterocycles. The summed E-state index contributed by atoms with van der Waals surface area (Å²) in [5, 5.41) is 16.8.